The fraction of sp³-hybridized carbons (Fsp3) is 0.111. The van der Waals surface area contributed by atoms with Crippen LogP contribution < -0.4 is 0 Å². The SMILES string of the molecule is [2H]c1[13cH]c([2H])c(C([2H])([2H])C(=O)C(=O)O)c([2H])[13cH]1. The predicted molar refractivity (Wildman–Crippen MR) is 42.8 cm³/mol. The molecule has 0 fully saturated rings. The maximum absolute atomic E-state index is 11.2. The zero-order valence-electron chi connectivity index (χ0n) is 10.9. The van der Waals surface area contributed by atoms with Gasteiger partial charge in [0.15, 0.2) is 0 Å². The van der Waals surface area contributed by atoms with Crippen LogP contribution in [0.3, 0.4) is 0 Å². The number of hydrogen-bond donors (Lipinski definition) is 1. The van der Waals surface area contributed by atoms with Crippen molar-refractivity contribution in [2.24, 2.45) is 0 Å². The normalized spacial score (nSPS) is 16.5. The number of carboxylic acid groups (broad SMARTS) is 1. The van der Waals surface area contributed by atoms with Crippen molar-refractivity contribution < 1.29 is 21.5 Å². The van der Waals surface area contributed by atoms with Gasteiger partial charge in [-0.15, -0.1) is 0 Å². The number of aliphatic carboxylic acids is 1. The molecule has 0 saturated heterocycles. The van der Waals surface area contributed by atoms with Crippen molar-refractivity contribution in [2.75, 3.05) is 0 Å². The van der Waals surface area contributed by atoms with E-state index in [0.717, 1.165) is 12.1 Å². The van der Waals surface area contributed by atoms with E-state index in [-0.39, 0.29) is 6.04 Å². The average Bonchev–Trinajstić information content (AvgIpc) is 2.13. The molecule has 0 saturated carbocycles. The lowest BCUT2D eigenvalue weighted by molar-refractivity contribution is -0.148. The highest BCUT2D eigenvalue weighted by atomic mass is 16.4. The Morgan fingerprint density at radius 1 is 1.50 bits per heavy atom. The zero-order valence-corrected chi connectivity index (χ0v) is 5.92. The van der Waals surface area contributed by atoms with Crippen LogP contribution in [0, 0.1) is 0 Å². The van der Waals surface area contributed by atoms with Crippen molar-refractivity contribution in [2.45, 2.75) is 6.37 Å². The van der Waals surface area contributed by atoms with Gasteiger partial charge in [0.25, 0.3) is 0 Å². The van der Waals surface area contributed by atoms with E-state index in [1.807, 2.05) is 0 Å². The van der Waals surface area contributed by atoms with Crippen LogP contribution in [0.15, 0.2) is 30.3 Å². The Hall–Kier alpha value is -1.64. The number of benzene rings is 1. The molecule has 1 rings (SSSR count). The Morgan fingerprint density at radius 3 is 2.58 bits per heavy atom. The molecule has 0 amide bonds. The molecule has 1 N–H and O–H groups in total. The van der Waals surface area contributed by atoms with Crippen LogP contribution in [0.1, 0.15) is 12.4 Å². The Bertz CT molecular complexity index is 474. The van der Waals surface area contributed by atoms with E-state index >= 15 is 0 Å². The molecule has 0 unspecified atom stereocenters. The molecule has 0 aliphatic rings. The minimum absolute atomic E-state index is 0.178. The number of carbonyl (C=O) groups is 2. The van der Waals surface area contributed by atoms with Gasteiger partial charge in [-0.05, 0) is 5.56 Å². The molecule has 1 aromatic rings. The molecule has 0 aromatic heterocycles. The molecule has 0 atom stereocenters. The van der Waals surface area contributed by atoms with Crippen molar-refractivity contribution >= 4 is 11.8 Å². The lowest BCUT2D eigenvalue weighted by atomic mass is 10.1. The van der Waals surface area contributed by atoms with Crippen LogP contribution in [0.2, 0.25) is 0 Å². The number of ketones is 1. The Balaban J connectivity index is 3.43. The lowest BCUT2D eigenvalue weighted by Gasteiger charge is -1.94. The van der Waals surface area contributed by atoms with Gasteiger partial charge in [0.05, 0.1) is 4.11 Å². The first-order chi connectivity index (χ1) is 7.67. The number of carbonyl (C=O) groups excluding carboxylic acids is 1. The second-order valence-electron chi connectivity index (χ2n) is 1.88. The zero-order chi connectivity index (χ0) is 13.4. The number of rotatable bonds is 3. The molecule has 0 bridgehead atoms. The minimum Gasteiger partial charge on any atom is -0.475 e. The summed E-state index contributed by atoms with van der Waals surface area (Å²) in [6.45, 7) is 0. The van der Waals surface area contributed by atoms with Gasteiger partial charge in [0.2, 0.25) is 5.78 Å². The van der Waals surface area contributed by atoms with E-state index < -0.39 is 35.8 Å². The summed E-state index contributed by atoms with van der Waals surface area (Å²) in [7, 11) is 0. The topological polar surface area (TPSA) is 54.4 Å². The molecule has 0 heterocycles. The van der Waals surface area contributed by atoms with Gasteiger partial charge in [-0.25, -0.2) is 4.79 Å². The third-order valence-corrected chi connectivity index (χ3v) is 1.03. The van der Waals surface area contributed by atoms with Gasteiger partial charge in [0.1, 0.15) is 0 Å². The molecular formula is C9H8O3. The first kappa shape index (κ1) is 3.85. The number of carboxylic acids is 1. The van der Waals surface area contributed by atoms with Crippen LogP contribution in [-0.2, 0) is 16.0 Å². The summed E-state index contributed by atoms with van der Waals surface area (Å²) in [6, 6.07) is 0.632. The monoisotopic (exact) mass is 171 g/mol. The second-order valence-corrected chi connectivity index (χ2v) is 1.88. The molecule has 1 aromatic carbocycles. The fourth-order valence-corrected chi connectivity index (χ4v) is 0.550. The quantitative estimate of drug-likeness (QED) is 0.687. The summed E-state index contributed by atoms with van der Waals surface area (Å²) in [4.78, 5) is 21.6. The van der Waals surface area contributed by atoms with Gasteiger partial charge in [-0.1, -0.05) is 30.3 Å². The summed E-state index contributed by atoms with van der Waals surface area (Å²) in [5.74, 6) is -3.71. The van der Waals surface area contributed by atoms with E-state index in [9.17, 15) is 9.59 Å². The van der Waals surface area contributed by atoms with Crippen molar-refractivity contribution in [3.8, 4) is 0 Å². The Morgan fingerprint density at radius 2 is 2.08 bits per heavy atom. The van der Waals surface area contributed by atoms with Crippen molar-refractivity contribution in [3.63, 3.8) is 0 Å². The summed E-state index contributed by atoms with van der Waals surface area (Å²) in [6.07, 6.45) is -2.95. The van der Waals surface area contributed by atoms with Crippen molar-refractivity contribution in [1.82, 2.24) is 0 Å². The first-order valence-corrected chi connectivity index (χ1v) is 3.04. The smallest absolute Gasteiger partial charge is 0.372 e. The molecule has 0 radical (unpaired) electrons. The number of hydrogen-bond acceptors (Lipinski definition) is 2. The van der Waals surface area contributed by atoms with Gasteiger partial charge >= 0.3 is 5.97 Å². The van der Waals surface area contributed by atoms with Crippen LogP contribution in [0.25, 0.3) is 0 Å². The minimum atomic E-state index is -2.95. The molecule has 62 valence electrons. The number of Topliss-reactive ketones (excluding diaryl/α,β-unsaturated/α-hetero) is 1. The van der Waals surface area contributed by atoms with E-state index in [1.54, 1.807) is 0 Å². The standard InChI is InChI=1S/C9H8O3/c10-8(9(11)12)6-7-4-2-1-3-5-7/h1-5H,6H2,(H,11,12)/i1D,2+1,3+1,4D,5D,6D2. The molecule has 0 aliphatic carbocycles. The summed E-state index contributed by atoms with van der Waals surface area (Å²) in [5, 5.41) is 8.47. The third kappa shape index (κ3) is 2.20. The molecule has 0 aliphatic heterocycles. The summed E-state index contributed by atoms with van der Waals surface area (Å²) < 4.78 is 36.8. The average molecular weight is 171 g/mol. The highest BCUT2D eigenvalue weighted by Crippen LogP contribution is 1.99. The van der Waals surface area contributed by atoms with E-state index in [4.69, 9.17) is 12.0 Å². The van der Waals surface area contributed by atoms with Crippen LogP contribution in [0.4, 0.5) is 0 Å². The maximum Gasteiger partial charge on any atom is 0.372 e. The summed E-state index contributed by atoms with van der Waals surface area (Å²) >= 11 is 0. The van der Waals surface area contributed by atoms with E-state index in [2.05, 4.69) is 0 Å². The van der Waals surface area contributed by atoms with Crippen LogP contribution in [0.5, 0.6) is 0 Å². The van der Waals surface area contributed by atoms with Crippen molar-refractivity contribution in [1.29, 1.82) is 0 Å². The predicted octanol–water partition coefficient (Wildman–Crippen LogP) is 0.883. The fourth-order valence-electron chi connectivity index (χ4n) is 0.550. The van der Waals surface area contributed by atoms with Gasteiger partial charge in [0, 0.05) is 9.11 Å². The summed E-state index contributed by atoms with van der Waals surface area (Å²) in [5.41, 5.74) is -0.638. The Kier molecular flexibility index (Phi) is 1.17. The largest absolute Gasteiger partial charge is 0.475 e. The molecule has 0 spiro atoms. The van der Waals surface area contributed by atoms with Crippen LogP contribution in [-0.4, -0.2) is 16.9 Å². The first-order valence-electron chi connectivity index (χ1n) is 5.54. The Labute approximate surface area is 76.7 Å². The molecule has 3 heteroatoms. The van der Waals surface area contributed by atoms with Gasteiger partial charge in [-0.2, -0.15) is 0 Å². The van der Waals surface area contributed by atoms with Gasteiger partial charge < -0.3 is 5.11 Å². The van der Waals surface area contributed by atoms with Crippen LogP contribution >= 0.6 is 0 Å². The van der Waals surface area contributed by atoms with Gasteiger partial charge in [-0.3, -0.25) is 4.79 Å². The highest BCUT2D eigenvalue weighted by Gasteiger charge is 2.10. The maximum atomic E-state index is 11.2. The highest BCUT2D eigenvalue weighted by molar-refractivity contribution is 6.33. The van der Waals surface area contributed by atoms with E-state index in [1.165, 1.54) is 0 Å². The molecule has 12 heavy (non-hydrogen) atoms. The van der Waals surface area contributed by atoms with E-state index in [0.29, 0.717) is 0 Å². The molecule has 3 nitrogen and oxygen atoms in total. The second kappa shape index (κ2) is 3.67. The lowest BCUT2D eigenvalue weighted by Crippen LogP contribution is -2.14. The van der Waals surface area contributed by atoms with Crippen molar-refractivity contribution in [3.05, 3.63) is 35.8 Å². The third-order valence-electron chi connectivity index (χ3n) is 1.03. The molecular weight excluding hydrogens is 158 g/mol.